The average molecular weight is 336 g/mol. The van der Waals surface area contributed by atoms with Gasteiger partial charge in [-0.05, 0) is 54.7 Å². The number of imide groups is 1. The molecule has 2 saturated carbocycles. The zero-order valence-electron chi connectivity index (χ0n) is 14.0. The first-order valence-electron chi connectivity index (χ1n) is 8.94. The van der Waals surface area contributed by atoms with Crippen LogP contribution in [0.25, 0.3) is 0 Å². The molecule has 25 heavy (non-hydrogen) atoms. The van der Waals surface area contributed by atoms with Crippen molar-refractivity contribution in [1.29, 1.82) is 0 Å². The quantitative estimate of drug-likeness (QED) is 0.678. The minimum atomic E-state index is -0.323. The molecule has 6 rings (SSSR count). The maximum absolute atomic E-state index is 12.8. The van der Waals surface area contributed by atoms with Gasteiger partial charge in [-0.3, -0.25) is 19.3 Å². The van der Waals surface area contributed by atoms with E-state index in [0.29, 0.717) is 17.5 Å². The van der Waals surface area contributed by atoms with Crippen LogP contribution in [0.15, 0.2) is 36.4 Å². The first-order valence-corrected chi connectivity index (χ1v) is 8.94. The number of aryl methyl sites for hydroxylation is 1. The first kappa shape index (κ1) is 14.9. The molecular formula is C20H20N2O3. The molecule has 4 aliphatic carbocycles. The number of hydrogen-bond acceptors (Lipinski definition) is 3. The molecule has 0 aromatic heterocycles. The van der Waals surface area contributed by atoms with Gasteiger partial charge in [-0.1, -0.05) is 24.3 Å². The lowest BCUT2D eigenvalue weighted by atomic mass is 9.63. The van der Waals surface area contributed by atoms with Gasteiger partial charge in [0.05, 0.1) is 11.8 Å². The first-order chi connectivity index (χ1) is 12.0. The van der Waals surface area contributed by atoms with Gasteiger partial charge in [-0.15, -0.1) is 0 Å². The van der Waals surface area contributed by atoms with Crippen molar-refractivity contribution in [3.8, 4) is 0 Å². The highest BCUT2D eigenvalue weighted by atomic mass is 16.2. The molecule has 6 atom stereocenters. The molecule has 3 amide bonds. The second kappa shape index (κ2) is 5.04. The topological polar surface area (TPSA) is 66.5 Å². The molecule has 0 unspecified atom stereocenters. The minimum absolute atomic E-state index is 0.154. The predicted molar refractivity (Wildman–Crippen MR) is 91.2 cm³/mol. The number of hydrogen-bond donors (Lipinski definition) is 1. The summed E-state index contributed by atoms with van der Waals surface area (Å²) in [4.78, 5) is 39.2. The van der Waals surface area contributed by atoms with Gasteiger partial charge in [-0.2, -0.15) is 0 Å². The zero-order valence-corrected chi connectivity index (χ0v) is 14.0. The van der Waals surface area contributed by atoms with Gasteiger partial charge in [0.15, 0.2) is 0 Å². The van der Waals surface area contributed by atoms with Crippen molar-refractivity contribution in [1.82, 2.24) is 4.90 Å². The predicted octanol–water partition coefficient (Wildman–Crippen LogP) is 1.99. The van der Waals surface area contributed by atoms with Crippen molar-refractivity contribution >= 4 is 23.4 Å². The number of benzene rings is 1. The second-order valence-corrected chi connectivity index (χ2v) is 7.83. The van der Waals surface area contributed by atoms with Gasteiger partial charge in [0.1, 0.15) is 6.54 Å². The van der Waals surface area contributed by atoms with E-state index in [1.165, 1.54) is 4.90 Å². The van der Waals surface area contributed by atoms with Crippen LogP contribution in [-0.4, -0.2) is 29.2 Å². The van der Waals surface area contributed by atoms with Crippen molar-refractivity contribution in [3.63, 3.8) is 0 Å². The molecule has 1 heterocycles. The van der Waals surface area contributed by atoms with E-state index < -0.39 is 0 Å². The molecule has 1 aliphatic heterocycles. The van der Waals surface area contributed by atoms with Gasteiger partial charge < -0.3 is 5.32 Å². The lowest BCUT2D eigenvalue weighted by Gasteiger charge is -2.37. The largest absolute Gasteiger partial charge is 0.325 e. The summed E-state index contributed by atoms with van der Waals surface area (Å²) in [6.07, 6.45) is 5.42. The minimum Gasteiger partial charge on any atom is -0.325 e. The summed E-state index contributed by atoms with van der Waals surface area (Å²) >= 11 is 0. The number of anilines is 1. The highest BCUT2D eigenvalue weighted by molar-refractivity contribution is 6.09. The maximum atomic E-state index is 12.8. The Morgan fingerprint density at radius 1 is 1.12 bits per heavy atom. The van der Waals surface area contributed by atoms with Crippen LogP contribution in [-0.2, 0) is 14.4 Å². The van der Waals surface area contributed by atoms with E-state index in [0.717, 1.165) is 12.0 Å². The van der Waals surface area contributed by atoms with Crippen LogP contribution in [0.3, 0.4) is 0 Å². The van der Waals surface area contributed by atoms with Crippen LogP contribution in [0.2, 0.25) is 0 Å². The van der Waals surface area contributed by atoms with Crippen LogP contribution in [0.5, 0.6) is 0 Å². The van der Waals surface area contributed by atoms with Gasteiger partial charge >= 0.3 is 0 Å². The van der Waals surface area contributed by atoms with Gasteiger partial charge in [-0.25, -0.2) is 0 Å². The van der Waals surface area contributed by atoms with Crippen LogP contribution < -0.4 is 5.32 Å². The van der Waals surface area contributed by atoms with Crippen molar-refractivity contribution < 1.29 is 14.4 Å². The number of nitrogens with zero attached hydrogens (tertiary/aromatic N) is 1. The lowest BCUT2D eigenvalue weighted by Crippen LogP contribution is -2.40. The Morgan fingerprint density at radius 3 is 2.36 bits per heavy atom. The average Bonchev–Trinajstić information content (AvgIpc) is 3.36. The van der Waals surface area contributed by atoms with Gasteiger partial charge in [0.2, 0.25) is 17.7 Å². The summed E-state index contributed by atoms with van der Waals surface area (Å²) in [6, 6.07) is 7.47. The molecule has 0 spiro atoms. The second-order valence-electron chi connectivity index (χ2n) is 7.83. The monoisotopic (exact) mass is 336 g/mol. The fraction of sp³-hybridized carbons (Fsp3) is 0.450. The van der Waals surface area contributed by atoms with Crippen molar-refractivity contribution in [2.75, 3.05) is 11.9 Å². The highest BCUT2D eigenvalue weighted by Gasteiger charge is 2.67. The number of rotatable bonds is 3. The summed E-state index contributed by atoms with van der Waals surface area (Å²) in [6.45, 7) is 1.76. The smallest absolute Gasteiger partial charge is 0.244 e. The number of carbonyl (C=O) groups is 3. The maximum Gasteiger partial charge on any atom is 0.244 e. The molecule has 1 aromatic carbocycles. The van der Waals surface area contributed by atoms with Crippen LogP contribution in [0.1, 0.15) is 12.0 Å². The molecule has 5 heteroatoms. The van der Waals surface area contributed by atoms with Crippen molar-refractivity contribution in [3.05, 3.63) is 42.0 Å². The van der Waals surface area contributed by atoms with Crippen molar-refractivity contribution in [2.45, 2.75) is 13.3 Å². The Hall–Kier alpha value is -2.43. The molecule has 1 aromatic rings. The van der Waals surface area contributed by atoms with Crippen LogP contribution in [0.4, 0.5) is 5.69 Å². The van der Waals surface area contributed by atoms with E-state index >= 15 is 0 Å². The van der Waals surface area contributed by atoms with E-state index in [9.17, 15) is 14.4 Å². The summed E-state index contributed by atoms with van der Waals surface area (Å²) in [5.74, 6) is 0.441. The van der Waals surface area contributed by atoms with E-state index in [1.807, 2.05) is 25.1 Å². The Labute approximate surface area is 146 Å². The molecule has 5 aliphatic rings. The molecule has 2 bridgehead atoms. The lowest BCUT2D eigenvalue weighted by molar-refractivity contribution is -0.142. The molecule has 5 nitrogen and oxygen atoms in total. The highest BCUT2D eigenvalue weighted by Crippen LogP contribution is 2.65. The summed E-state index contributed by atoms with van der Waals surface area (Å²) in [7, 11) is 0. The SMILES string of the molecule is Cc1cccc(NC(=O)CN2C(=O)[C@@H]3[C@H]4C=C[C@@H]([C@@H]5C[C@H]45)[C@@H]3C2=O)c1. The molecular weight excluding hydrogens is 316 g/mol. The Kier molecular flexibility index (Phi) is 3.00. The zero-order chi connectivity index (χ0) is 17.3. The van der Waals surface area contributed by atoms with E-state index in [2.05, 4.69) is 17.5 Å². The normalized spacial score (nSPS) is 37.1. The number of carbonyl (C=O) groups excluding carboxylic acids is 3. The van der Waals surface area contributed by atoms with E-state index in [-0.39, 0.29) is 47.9 Å². The van der Waals surface area contributed by atoms with Crippen LogP contribution in [0, 0.1) is 42.4 Å². The Morgan fingerprint density at radius 2 is 1.76 bits per heavy atom. The Bertz CT molecular complexity index is 794. The van der Waals surface area contributed by atoms with Crippen LogP contribution >= 0.6 is 0 Å². The van der Waals surface area contributed by atoms with Crippen molar-refractivity contribution in [2.24, 2.45) is 35.5 Å². The molecule has 128 valence electrons. The van der Waals surface area contributed by atoms with E-state index in [1.54, 1.807) is 6.07 Å². The third kappa shape index (κ3) is 2.11. The van der Waals surface area contributed by atoms with Gasteiger partial charge in [0.25, 0.3) is 0 Å². The summed E-state index contributed by atoms with van der Waals surface area (Å²) < 4.78 is 0. The molecule has 0 radical (unpaired) electrons. The fourth-order valence-corrected chi connectivity index (χ4v) is 5.24. The number of nitrogens with one attached hydrogen (secondary N) is 1. The number of likely N-dealkylation sites (tertiary alicyclic amines) is 1. The third-order valence-electron chi connectivity index (χ3n) is 6.36. The third-order valence-corrected chi connectivity index (χ3v) is 6.36. The standard InChI is InChI=1S/C20H20N2O3/c1-10-3-2-4-11(7-10)21-16(23)9-22-19(24)17-12-5-6-13(15-8-14(12)15)18(17)20(22)25/h2-7,12-15,17-18H,8-9H2,1H3,(H,21,23)/t12-,13-,14-,15+,17-,18+/m0/s1. The number of amides is 3. The molecule has 1 N–H and O–H groups in total. The van der Waals surface area contributed by atoms with Gasteiger partial charge in [0, 0.05) is 5.69 Å². The molecule has 1 saturated heterocycles. The summed E-state index contributed by atoms with van der Waals surface area (Å²) in [5.41, 5.74) is 1.73. The summed E-state index contributed by atoms with van der Waals surface area (Å²) in [5, 5.41) is 2.79. The fourth-order valence-electron chi connectivity index (χ4n) is 5.24. The number of allylic oxidation sites excluding steroid dienone is 2. The Balaban J connectivity index is 1.33. The van der Waals surface area contributed by atoms with E-state index in [4.69, 9.17) is 0 Å². The molecule has 3 fully saturated rings.